The number of nitrogens with two attached hydrogens (primary N) is 1. The lowest BCUT2D eigenvalue weighted by molar-refractivity contribution is 0.0335. The number of primary sulfonamides is 1. The van der Waals surface area contributed by atoms with Crippen molar-refractivity contribution in [2.75, 3.05) is 19.8 Å². The van der Waals surface area contributed by atoms with Gasteiger partial charge in [0.15, 0.2) is 0 Å². The summed E-state index contributed by atoms with van der Waals surface area (Å²) in [7, 11) is -3.90. The van der Waals surface area contributed by atoms with Gasteiger partial charge in [-0.2, -0.15) is 0 Å². The topological polar surface area (TPSA) is 95.7 Å². The Balaban J connectivity index is 2.97. The van der Waals surface area contributed by atoms with Gasteiger partial charge in [0.05, 0.1) is 17.1 Å². The van der Waals surface area contributed by atoms with E-state index < -0.39 is 16.0 Å². The summed E-state index contributed by atoms with van der Waals surface area (Å²) in [4.78, 5) is 11.7. The molecule has 0 heterocycles. The van der Waals surface area contributed by atoms with E-state index in [1.165, 1.54) is 12.1 Å². The van der Waals surface area contributed by atoms with Crippen molar-refractivity contribution >= 4 is 31.9 Å². The third kappa shape index (κ3) is 4.55. The van der Waals surface area contributed by atoms with Crippen LogP contribution in [0.2, 0.25) is 0 Å². The van der Waals surface area contributed by atoms with Crippen LogP contribution in [0.1, 0.15) is 22.8 Å². The average molecular weight is 366 g/mol. The summed E-state index contributed by atoms with van der Waals surface area (Å²) in [5.41, 5.74) is 0.557. The van der Waals surface area contributed by atoms with Gasteiger partial charge in [0.1, 0.15) is 6.61 Å². The Morgan fingerprint density at radius 2 is 2.00 bits per heavy atom. The predicted molar refractivity (Wildman–Crippen MR) is 77.0 cm³/mol. The Bertz CT molecular complexity index is 600. The predicted octanol–water partition coefficient (Wildman–Crippen LogP) is 1.60. The first-order valence-corrected chi connectivity index (χ1v) is 8.19. The molecular formula is C12H16BrNO5S. The lowest BCUT2D eigenvalue weighted by Crippen LogP contribution is -2.16. The fraction of sp³-hybridized carbons (Fsp3) is 0.417. The molecule has 2 N–H and O–H groups in total. The van der Waals surface area contributed by atoms with E-state index in [0.717, 1.165) is 0 Å². The number of ether oxygens (including phenoxy) is 2. The quantitative estimate of drug-likeness (QED) is 0.609. The second-order valence-electron chi connectivity index (χ2n) is 3.96. The zero-order valence-electron chi connectivity index (χ0n) is 11.2. The molecule has 112 valence electrons. The summed E-state index contributed by atoms with van der Waals surface area (Å²) in [5, 5.41) is 5.11. The van der Waals surface area contributed by atoms with Crippen molar-refractivity contribution in [1.29, 1.82) is 0 Å². The zero-order chi connectivity index (χ0) is 15.3. The van der Waals surface area contributed by atoms with Crippen molar-refractivity contribution in [3.8, 4) is 0 Å². The number of rotatable bonds is 6. The maximum atomic E-state index is 11.8. The third-order valence-electron chi connectivity index (χ3n) is 2.50. The molecule has 0 fully saturated rings. The molecule has 8 heteroatoms. The minimum absolute atomic E-state index is 0.100. The molecule has 0 saturated heterocycles. The molecule has 0 aliphatic heterocycles. The number of carbonyl (C=O) groups is 1. The summed E-state index contributed by atoms with van der Waals surface area (Å²) >= 11 is 3.20. The van der Waals surface area contributed by atoms with E-state index in [9.17, 15) is 13.2 Å². The summed E-state index contributed by atoms with van der Waals surface area (Å²) in [6.07, 6.45) is 0. The maximum absolute atomic E-state index is 11.8. The van der Waals surface area contributed by atoms with Crippen molar-refractivity contribution < 1.29 is 22.7 Å². The number of sulfonamides is 1. The van der Waals surface area contributed by atoms with Crippen molar-refractivity contribution in [1.82, 2.24) is 0 Å². The highest BCUT2D eigenvalue weighted by Crippen LogP contribution is 2.25. The molecule has 0 aliphatic rings. The number of esters is 1. The molecular weight excluding hydrogens is 350 g/mol. The third-order valence-corrected chi connectivity index (χ3v) is 4.36. The largest absolute Gasteiger partial charge is 0.460 e. The molecule has 1 aromatic carbocycles. The SMILES string of the molecule is CCOCCOC(=O)c1cc(Br)c(C)c(S(N)(=O)=O)c1. The average Bonchev–Trinajstić information content (AvgIpc) is 2.36. The van der Waals surface area contributed by atoms with Crippen molar-refractivity contribution in [3.63, 3.8) is 0 Å². The fourth-order valence-corrected chi connectivity index (χ4v) is 2.91. The molecule has 0 bridgehead atoms. The molecule has 0 aromatic heterocycles. The van der Waals surface area contributed by atoms with E-state index in [0.29, 0.717) is 16.6 Å². The van der Waals surface area contributed by atoms with Crippen molar-refractivity contribution in [2.24, 2.45) is 5.14 Å². The van der Waals surface area contributed by atoms with Gasteiger partial charge in [0, 0.05) is 11.1 Å². The van der Waals surface area contributed by atoms with E-state index in [2.05, 4.69) is 15.9 Å². The summed E-state index contributed by atoms with van der Waals surface area (Å²) in [6.45, 7) is 4.34. The molecule has 0 saturated carbocycles. The Labute approximate surface area is 126 Å². The van der Waals surface area contributed by atoms with Crippen LogP contribution < -0.4 is 5.14 Å². The normalized spacial score (nSPS) is 11.4. The summed E-state index contributed by atoms with van der Waals surface area (Å²) in [5.74, 6) is -0.629. The van der Waals surface area contributed by atoms with E-state index in [-0.39, 0.29) is 23.7 Å². The van der Waals surface area contributed by atoms with Crippen LogP contribution in [-0.2, 0) is 19.5 Å². The molecule has 20 heavy (non-hydrogen) atoms. The maximum Gasteiger partial charge on any atom is 0.338 e. The Kier molecular flexibility index (Phi) is 6.12. The fourth-order valence-electron chi connectivity index (χ4n) is 1.49. The van der Waals surface area contributed by atoms with Gasteiger partial charge in [-0.25, -0.2) is 18.4 Å². The van der Waals surface area contributed by atoms with Crippen LogP contribution in [0.15, 0.2) is 21.5 Å². The van der Waals surface area contributed by atoms with E-state index >= 15 is 0 Å². The molecule has 1 aromatic rings. The molecule has 0 spiro atoms. The number of hydrogen-bond acceptors (Lipinski definition) is 5. The van der Waals surface area contributed by atoms with E-state index in [1.54, 1.807) is 6.92 Å². The second kappa shape index (κ2) is 7.16. The van der Waals surface area contributed by atoms with Crippen molar-refractivity contribution in [3.05, 3.63) is 27.7 Å². The summed E-state index contributed by atoms with van der Waals surface area (Å²) in [6, 6.07) is 2.70. The smallest absolute Gasteiger partial charge is 0.338 e. The number of carbonyl (C=O) groups excluding carboxylic acids is 1. The summed E-state index contributed by atoms with van der Waals surface area (Å²) < 4.78 is 33.4. The minimum Gasteiger partial charge on any atom is -0.460 e. The number of hydrogen-bond donors (Lipinski definition) is 1. The first-order chi connectivity index (χ1) is 9.27. The molecule has 0 amide bonds. The monoisotopic (exact) mass is 365 g/mol. The molecule has 6 nitrogen and oxygen atoms in total. The Morgan fingerprint density at radius 3 is 2.55 bits per heavy atom. The lowest BCUT2D eigenvalue weighted by Gasteiger charge is -2.10. The van der Waals surface area contributed by atoms with Gasteiger partial charge in [0.2, 0.25) is 10.0 Å². The van der Waals surface area contributed by atoms with E-state index in [4.69, 9.17) is 14.6 Å². The molecule has 0 unspecified atom stereocenters. The molecule has 0 radical (unpaired) electrons. The van der Waals surface area contributed by atoms with Gasteiger partial charge < -0.3 is 9.47 Å². The van der Waals surface area contributed by atoms with Gasteiger partial charge in [-0.15, -0.1) is 0 Å². The Hall–Kier alpha value is -0.960. The molecule has 1 rings (SSSR count). The second-order valence-corrected chi connectivity index (χ2v) is 6.34. The standard InChI is InChI=1S/C12H16BrNO5S/c1-3-18-4-5-19-12(15)9-6-10(13)8(2)11(7-9)20(14,16)17/h6-7H,3-5H2,1-2H3,(H2,14,16,17). The van der Waals surface area contributed by atoms with Crippen molar-refractivity contribution in [2.45, 2.75) is 18.7 Å². The zero-order valence-corrected chi connectivity index (χ0v) is 13.6. The van der Waals surface area contributed by atoms with Crippen LogP contribution in [0.5, 0.6) is 0 Å². The first kappa shape index (κ1) is 17.1. The van der Waals surface area contributed by atoms with Crippen LogP contribution in [0, 0.1) is 6.92 Å². The van der Waals surface area contributed by atoms with Gasteiger partial charge in [-0.3, -0.25) is 0 Å². The van der Waals surface area contributed by atoms with Gasteiger partial charge in [0.25, 0.3) is 0 Å². The first-order valence-electron chi connectivity index (χ1n) is 5.85. The highest BCUT2D eigenvalue weighted by Gasteiger charge is 2.18. The van der Waals surface area contributed by atoms with Gasteiger partial charge >= 0.3 is 5.97 Å². The van der Waals surface area contributed by atoms with Crippen LogP contribution in [-0.4, -0.2) is 34.2 Å². The number of benzene rings is 1. The number of halogens is 1. The van der Waals surface area contributed by atoms with Gasteiger partial charge in [-0.1, -0.05) is 15.9 Å². The van der Waals surface area contributed by atoms with Crippen LogP contribution >= 0.6 is 15.9 Å². The lowest BCUT2D eigenvalue weighted by atomic mass is 10.1. The highest BCUT2D eigenvalue weighted by atomic mass is 79.9. The van der Waals surface area contributed by atoms with Crippen LogP contribution in [0.25, 0.3) is 0 Å². The van der Waals surface area contributed by atoms with Crippen LogP contribution in [0.4, 0.5) is 0 Å². The molecule has 0 aliphatic carbocycles. The Morgan fingerprint density at radius 1 is 1.35 bits per heavy atom. The molecule has 0 atom stereocenters. The van der Waals surface area contributed by atoms with Gasteiger partial charge in [-0.05, 0) is 31.5 Å². The minimum atomic E-state index is -3.90. The van der Waals surface area contributed by atoms with E-state index in [1.807, 2.05) is 6.92 Å². The highest BCUT2D eigenvalue weighted by molar-refractivity contribution is 9.10. The van der Waals surface area contributed by atoms with Crippen LogP contribution in [0.3, 0.4) is 0 Å².